The van der Waals surface area contributed by atoms with Crippen LogP contribution < -0.4 is 10.1 Å². The summed E-state index contributed by atoms with van der Waals surface area (Å²) in [7, 11) is 1.59. The summed E-state index contributed by atoms with van der Waals surface area (Å²) in [6, 6.07) is 6.68. The molecule has 1 aromatic carbocycles. The maximum absolute atomic E-state index is 12.4. The molecule has 0 unspecified atom stereocenters. The van der Waals surface area contributed by atoms with Gasteiger partial charge in [-0.2, -0.15) is 0 Å². The van der Waals surface area contributed by atoms with Gasteiger partial charge in [0.15, 0.2) is 0 Å². The number of hydrogen-bond acceptors (Lipinski definition) is 4. The van der Waals surface area contributed by atoms with Crippen molar-refractivity contribution < 1.29 is 19.1 Å². The standard InChI is InChI=1S/C19H25N3O4/c1-14(19(25)22-12-10-21(11-13-22)15(2)23)20-18(24)9-6-16-4-7-17(26-3)8-5-16/h4-9,14H,10-13H2,1-3H3,(H,20,24)/b9-6+/t14-/m0/s1. The summed E-state index contributed by atoms with van der Waals surface area (Å²) in [6.45, 7) is 5.22. The second-order valence-corrected chi connectivity index (χ2v) is 6.17. The average molecular weight is 359 g/mol. The minimum Gasteiger partial charge on any atom is -0.497 e. The number of rotatable bonds is 5. The molecule has 0 aromatic heterocycles. The summed E-state index contributed by atoms with van der Waals surface area (Å²) in [6.07, 6.45) is 3.08. The van der Waals surface area contributed by atoms with Crippen LogP contribution in [0.1, 0.15) is 19.4 Å². The van der Waals surface area contributed by atoms with E-state index in [9.17, 15) is 14.4 Å². The molecule has 7 heteroatoms. The van der Waals surface area contributed by atoms with E-state index in [0.29, 0.717) is 26.2 Å². The SMILES string of the molecule is COc1ccc(/C=C/C(=O)N[C@@H](C)C(=O)N2CCN(C(C)=O)CC2)cc1. The Morgan fingerprint density at radius 2 is 1.65 bits per heavy atom. The van der Waals surface area contributed by atoms with Crippen molar-refractivity contribution in [2.75, 3.05) is 33.3 Å². The zero-order chi connectivity index (χ0) is 19.1. The van der Waals surface area contributed by atoms with E-state index in [2.05, 4.69) is 5.32 Å². The van der Waals surface area contributed by atoms with Gasteiger partial charge in [0.1, 0.15) is 11.8 Å². The average Bonchev–Trinajstić information content (AvgIpc) is 2.66. The largest absolute Gasteiger partial charge is 0.497 e. The van der Waals surface area contributed by atoms with Gasteiger partial charge in [0, 0.05) is 39.2 Å². The van der Waals surface area contributed by atoms with Crippen LogP contribution in [0.15, 0.2) is 30.3 Å². The maximum Gasteiger partial charge on any atom is 0.244 e. The van der Waals surface area contributed by atoms with Crippen molar-refractivity contribution in [2.24, 2.45) is 0 Å². The lowest BCUT2D eigenvalue weighted by molar-refractivity contribution is -0.140. The molecular weight excluding hydrogens is 334 g/mol. The third kappa shape index (κ3) is 5.34. The molecule has 1 fully saturated rings. The summed E-state index contributed by atoms with van der Waals surface area (Å²) in [5, 5.41) is 2.68. The fourth-order valence-electron chi connectivity index (χ4n) is 2.73. The monoisotopic (exact) mass is 359 g/mol. The Labute approximate surface area is 153 Å². The number of methoxy groups -OCH3 is 1. The van der Waals surface area contributed by atoms with Gasteiger partial charge in [-0.3, -0.25) is 14.4 Å². The van der Waals surface area contributed by atoms with Crippen LogP contribution in [-0.4, -0.2) is 66.9 Å². The normalized spacial score (nSPS) is 15.7. The minimum absolute atomic E-state index is 0.0159. The van der Waals surface area contributed by atoms with Crippen LogP contribution in [0, 0.1) is 0 Å². The lowest BCUT2D eigenvalue weighted by Gasteiger charge is -2.35. The van der Waals surface area contributed by atoms with E-state index < -0.39 is 6.04 Å². The van der Waals surface area contributed by atoms with Crippen LogP contribution in [0.4, 0.5) is 0 Å². The third-order valence-electron chi connectivity index (χ3n) is 4.31. The van der Waals surface area contributed by atoms with Crippen molar-refractivity contribution in [3.05, 3.63) is 35.9 Å². The Hall–Kier alpha value is -2.83. The van der Waals surface area contributed by atoms with Gasteiger partial charge in [0.25, 0.3) is 0 Å². The zero-order valence-corrected chi connectivity index (χ0v) is 15.4. The van der Waals surface area contributed by atoms with Crippen molar-refractivity contribution in [1.82, 2.24) is 15.1 Å². The molecule has 0 aliphatic carbocycles. The highest BCUT2D eigenvalue weighted by molar-refractivity contribution is 5.95. The van der Waals surface area contributed by atoms with Crippen molar-refractivity contribution in [3.63, 3.8) is 0 Å². The zero-order valence-electron chi connectivity index (χ0n) is 15.4. The predicted octanol–water partition coefficient (Wildman–Crippen LogP) is 0.904. The van der Waals surface area contributed by atoms with Gasteiger partial charge in [-0.05, 0) is 30.7 Å². The molecule has 2 rings (SSSR count). The lowest BCUT2D eigenvalue weighted by atomic mass is 10.2. The Bertz CT molecular complexity index is 677. The smallest absolute Gasteiger partial charge is 0.244 e. The van der Waals surface area contributed by atoms with E-state index in [4.69, 9.17) is 4.74 Å². The minimum atomic E-state index is -0.619. The summed E-state index contributed by atoms with van der Waals surface area (Å²) in [5.74, 6) is 0.293. The molecular formula is C19H25N3O4. The number of carbonyl (C=O) groups is 3. The first-order valence-corrected chi connectivity index (χ1v) is 8.57. The van der Waals surface area contributed by atoms with E-state index in [0.717, 1.165) is 11.3 Å². The van der Waals surface area contributed by atoms with E-state index in [1.165, 1.54) is 13.0 Å². The summed E-state index contributed by atoms with van der Waals surface area (Å²) >= 11 is 0. The number of piperazine rings is 1. The van der Waals surface area contributed by atoms with E-state index in [-0.39, 0.29) is 17.7 Å². The van der Waals surface area contributed by atoms with Crippen LogP contribution in [-0.2, 0) is 14.4 Å². The summed E-state index contributed by atoms with van der Waals surface area (Å²) in [5.41, 5.74) is 0.861. The van der Waals surface area contributed by atoms with Crippen LogP contribution >= 0.6 is 0 Å². The molecule has 1 aliphatic rings. The topological polar surface area (TPSA) is 79.0 Å². The molecule has 0 bridgehead atoms. The van der Waals surface area contributed by atoms with Gasteiger partial charge in [-0.15, -0.1) is 0 Å². The first-order valence-electron chi connectivity index (χ1n) is 8.57. The number of nitrogens with one attached hydrogen (secondary N) is 1. The van der Waals surface area contributed by atoms with E-state index >= 15 is 0 Å². The van der Waals surface area contributed by atoms with Crippen LogP contribution in [0.5, 0.6) is 5.75 Å². The van der Waals surface area contributed by atoms with Gasteiger partial charge < -0.3 is 19.9 Å². The fourth-order valence-corrected chi connectivity index (χ4v) is 2.73. The highest BCUT2D eigenvalue weighted by Crippen LogP contribution is 2.12. The van der Waals surface area contributed by atoms with Crippen molar-refractivity contribution >= 4 is 23.8 Å². The van der Waals surface area contributed by atoms with Gasteiger partial charge in [0.2, 0.25) is 17.7 Å². The fraction of sp³-hybridized carbons (Fsp3) is 0.421. The first-order chi connectivity index (χ1) is 12.4. The number of carbonyl (C=O) groups excluding carboxylic acids is 3. The van der Waals surface area contributed by atoms with Crippen LogP contribution in [0.2, 0.25) is 0 Å². The van der Waals surface area contributed by atoms with Gasteiger partial charge in [-0.25, -0.2) is 0 Å². The molecule has 3 amide bonds. The molecule has 1 N–H and O–H groups in total. The quantitative estimate of drug-likeness (QED) is 0.793. The molecule has 26 heavy (non-hydrogen) atoms. The Balaban J connectivity index is 1.83. The van der Waals surface area contributed by atoms with Crippen molar-refractivity contribution in [1.29, 1.82) is 0 Å². The maximum atomic E-state index is 12.4. The second kappa shape index (κ2) is 9.03. The Morgan fingerprint density at radius 3 is 2.19 bits per heavy atom. The van der Waals surface area contributed by atoms with Crippen molar-refractivity contribution in [2.45, 2.75) is 19.9 Å². The highest BCUT2D eigenvalue weighted by Gasteiger charge is 2.26. The van der Waals surface area contributed by atoms with Crippen LogP contribution in [0.3, 0.4) is 0 Å². The molecule has 7 nitrogen and oxygen atoms in total. The molecule has 1 aromatic rings. The van der Waals surface area contributed by atoms with E-state index in [1.54, 1.807) is 29.9 Å². The number of benzene rings is 1. The van der Waals surface area contributed by atoms with Gasteiger partial charge in [0.05, 0.1) is 7.11 Å². The van der Waals surface area contributed by atoms with Crippen molar-refractivity contribution in [3.8, 4) is 5.75 Å². The number of nitrogens with zero attached hydrogens (tertiary/aromatic N) is 2. The summed E-state index contributed by atoms with van der Waals surface area (Å²) in [4.78, 5) is 39.2. The predicted molar refractivity (Wildman–Crippen MR) is 98.5 cm³/mol. The number of hydrogen-bond donors (Lipinski definition) is 1. The second-order valence-electron chi connectivity index (χ2n) is 6.17. The Kier molecular flexibility index (Phi) is 6.77. The number of amides is 3. The molecule has 1 atom stereocenters. The summed E-state index contributed by atoms with van der Waals surface area (Å²) < 4.78 is 5.08. The first kappa shape index (κ1) is 19.5. The van der Waals surface area contributed by atoms with Gasteiger partial charge >= 0.3 is 0 Å². The molecule has 0 radical (unpaired) electrons. The Morgan fingerprint density at radius 1 is 1.08 bits per heavy atom. The van der Waals surface area contributed by atoms with E-state index in [1.807, 2.05) is 24.3 Å². The molecule has 140 valence electrons. The highest BCUT2D eigenvalue weighted by atomic mass is 16.5. The molecule has 1 heterocycles. The molecule has 1 saturated heterocycles. The third-order valence-corrected chi connectivity index (χ3v) is 4.31. The molecule has 0 saturated carbocycles. The van der Waals surface area contributed by atoms with Crippen LogP contribution in [0.25, 0.3) is 6.08 Å². The molecule has 1 aliphatic heterocycles. The van der Waals surface area contributed by atoms with Gasteiger partial charge in [-0.1, -0.05) is 12.1 Å². The lowest BCUT2D eigenvalue weighted by Crippen LogP contribution is -2.54. The molecule has 0 spiro atoms. The number of ether oxygens (including phenoxy) is 1.